The highest BCUT2D eigenvalue weighted by atomic mass is 16.3. The second-order valence-corrected chi connectivity index (χ2v) is 4.42. The van der Waals surface area contributed by atoms with Crippen molar-refractivity contribution >= 4 is 5.69 Å². The van der Waals surface area contributed by atoms with E-state index in [4.69, 9.17) is 0 Å². The van der Waals surface area contributed by atoms with E-state index in [2.05, 4.69) is 9.88 Å². The van der Waals surface area contributed by atoms with Gasteiger partial charge in [-0.05, 0) is 18.9 Å². The Hall–Kier alpha value is -1.09. The first kappa shape index (κ1) is 11.4. The molecule has 2 rings (SSSR count). The Kier molecular flexibility index (Phi) is 4.17. The van der Waals surface area contributed by atoms with E-state index in [0.717, 1.165) is 18.7 Å². The number of aliphatic hydroxyl groups is 1. The Balaban J connectivity index is 2.13. The molecule has 0 aliphatic carbocycles. The van der Waals surface area contributed by atoms with E-state index in [9.17, 15) is 5.11 Å². The van der Waals surface area contributed by atoms with Crippen LogP contribution in [-0.4, -0.2) is 23.2 Å². The quantitative estimate of drug-likeness (QED) is 0.831. The predicted octanol–water partition coefficient (Wildman–Crippen LogP) is 2.34. The molecule has 1 aliphatic heterocycles. The predicted molar refractivity (Wildman–Crippen MR) is 65.5 cm³/mol. The zero-order valence-electron chi connectivity index (χ0n) is 9.73. The molecule has 3 nitrogen and oxygen atoms in total. The van der Waals surface area contributed by atoms with Crippen LogP contribution in [-0.2, 0) is 6.61 Å². The van der Waals surface area contributed by atoms with Gasteiger partial charge in [0.1, 0.15) is 0 Å². The van der Waals surface area contributed by atoms with Crippen molar-refractivity contribution in [2.75, 3.05) is 18.0 Å². The SMILES string of the molecule is OCc1cnccc1N1CCCCCCC1. The average molecular weight is 220 g/mol. The third-order valence-electron chi connectivity index (χ3n) is 3.24. The zero-order valence-corrected chi connectivity index (χ0v) is 9.73. The number of rotatable bonds is 2. The fraction of sp³-hybridized carbons (Fsp3) is 0.615. The molecule has 2 heterocycles. The lowest BCUT2D eigenvalue weighted by atomic mass is 10.1. The molecular weight excluding hydrogens is 200 g/mol. The maximum atomic E-state index is 9.31. The van der Waals surface area contributed by atoms with Crippen LogP contribution in [0.1, 0.15) is 37.7 Å². The minimum Gasteiger partial charge on any atom is -0.392 e. The molecule has 0 atom stereocenters. The van der Waals surface area contributed by atoms with Crippen LogP contribution in [0.25, 0.3) is 0 Å². The summed E-state index contributed by atoms with van der Waals surface area (Å²) in [6, 6.07) is 2.02. The molecule has 0 radical (unpaired) electrons. The molecule has 1 aromatic heterocycles. The fourth-order valence-electron chi connectivity index (χ4n) is 2.34. The van der Waals surface area contributed by atoms with Crippen molar-refractivity contribution in [3.63, 3.8) is 0 Å². The van der Waals surface area contributed by atoms with Gasteiger partial charge in [-0.25, -0.2) is 0 Å². The van der Waals surface area contributed by atoms with Crippen LogP contribution < -0.4 is 4.90 Å². The van der Waals surface area contributed by atoms with Crippen LogP contribution >= 0.6 is 0 Å². The van der Waals surface area contributed by atoms with Gasteiger partial charge in [-0.2, -0.15) is 0 Å². The Morgan fingerprint density at radius 3 is 2.50 bits per heavy atom. The molecule has 1 aromatic rings. The van der Waals surface area contributed by atoms with Gasteiger partial charge in [-0.15, -0.1) is 0 Å². The molecule has 0 amide bonds. The summed E-state index contributed by atoms with van der Waals surface area (Å²) in [5, 5.41) is 9.31. The zero-order chi connectivity index (χ0) is 11.2. The summed E-state index contributed by atoms with van der Waals surface area (Å²) in [7, 11) is 0. The topological polar surface area (TPSA) is 36.4 Å². The standard InChI is InChI=1S/C13H20N2O/c16-11-12-10-14-7-6-13(12)15-8-4-2-1-3-5-9-15/h6-7,10,16H,1-5,8-9,11H2. The van der Waals surface area contributed by atoms with Gasteiger partial charge in [0, 0.05) is 36.7 Å². The van der Waals surface area contributed by atoms with Crippen molar-refractivity contribution in [2.45, 2.75) is 38.7 Å². The van der Waals surface area contributed by atoms with Gasteiger partial charge in [-0.3, -0.25) is 4.98 Å². The molecule has 0 bridgehead atoms. The maximum absolute atomic E-state index is 9.31. The van der Waals surface area contributed by atoms with Gasteiger partial charge in [0.25, 0.3) is 0 Å². The number of hydrogen-bond acceptors (Lipinski definition) is 3. The lowest BCUT2D eigenvalue weighted by Crippen LogP contribution is -2.28. The lowest BCUT2D eigenvalue weighted by Gasteiger charge is -2.28. The molecule has 16 heavy (non-hydrogen) atoms. The Bertz CT molecular complexity index is 319. The minimum atomic E-state index is 0.0830. The first-order valence-corrected chi connectivity index (χ1v) is 6.20. The van der Waals surface area contributed by atoms with Gasteiger partial charge in [0.2, 0.25) is 0 Å². The third-order valence-corrected chi connectivity index (χ3v) is 3.24. The van der Waals surface area contributed by atoms with E-state index in [1.807, 2.05) is 12.3 Å². The summed E-state index contributed by atoms with van der Waals surface area (Å²) in [4.78, 5) is 6.46. The maximum Gasteiger partial charge on any atom is 0.0717 e. The van der Waals surface area contributed by atoms with Gasteiger partial charge >= 0.3 is 0 Å². The number of nitrogens with zero attached hydrogens (tertiary/aromatic N) is 2. The summed E-state index contributed by atoms with van der Waals surface area (Å²) < 4.78 is 0. The summed E-state index contributed by atoms with van der Waals surface area (Å²) in [5.74, 6) is 0. The average Bonchev–Trinajstić information content (AvgIpc) is 2.29. The molecule has 0 spiro atoms. The monoisotopic (exact) mass is 220 g/mol. The van der Waals surface area contributed by atoms with Crippen molar-refractivity contribution in [1.29, 1.82) is 0 Å². The first-order chi connectivity index (χ1) is 7.92. The Morgan fingerprint density at radius 1 is 1.12 bits per heavy atom. The van der Waals surface area contributed by atoms with Crippen molar-refractivity contribution < 1.29 is 5.11 Å². The lowest BCUT2D eigenvalue weighted by molar-refractivity contribution is 0.281. The van der Waals surface area contributed by atoms with E-state index in [-0.39, 0.29) is 6.61 Å². The molecule has 1 saturated heterocycles. The number of pyridine rings is 1. The smallest absolute Gasteiger partial charge is 0.0717 e. The van der Waals surface area contributed by atoms with Crippen molar-refractivity contribution in [3.05, 3.63) is 24.0 Å². The number of anilines is 1. The molecule has 0 saturated carbocycles. The number of aromatic nitrogens is 1. The molecular formula is C13H20N2O. The summed E-state index contributed by atoms with van der Waals surface area (Å²) in [6.07, 6.45) is 10.1. The third kappa shape index (κ3) is 2.73. The highest BCUT2D eigenvalue weighted by molar-refractivity contribution is 5.51. The Morgan fingerprint density at radius 2 is 1.81 bits per heavy atom. The van der Waals surface area contributed by atoms with E-state index in [0.29, 0.717) is 0 Å². The van der Waals surface area contributed by atoms with Gasteiger partial charge in [-0.1, -0.05) is 19.3 Å². The molecule has 1 fully saturated rings. The van der Waals surface area contributed by atoms with E-state index >= 15 is 0 Å². The molecule has 3 heteroatoms. The molecule has 0 aromatic carbocycles. The van der Waals surface area contributed by atoms with Crippen molar-refractivity contribution in [1.82, 2.24) is 4.98 Å². The van der Waals surface area contributed by atoms with Gasteiger partial charge < -0.3 is 10.0 Å². The van der Waals surface area contributed by atoms with E-state index in [1.54, 1.807) is 6.20 Å². The highest BCUT2D eigenvalue weighted by Gasteiger charge is 2.12. The fourth-order valence-corrected chi connectivity index (χ4v) is 2.34. The van der Waals surface area contributed by atoms with Crippen LogP contribution in [0, 0.1) is 0 Å². The Labute approximate surface area is 97.1 Å². The second kappa shape index (κ2) is 5.85. The van der Waals surface area contributed by atoms with Crippen LogP contribution in [0.4, 0.5) is 5.69 Å². The van der Waals surface area contributed by atoms with E-state index in [1.165, 1.54) is 37.8 Å². The molecule has 0 unspecified atom stereocenters. The highest BCUT2D eigenvalue weighted by Crippen LogP contribution is 2.22. The van der Waals surface area contributed by atoms with Crippen LogP contribution in [0.5, 0.6) is 0 Å². The first-order valence-electron chi connectivity index (χ1n) is 6.20. The van der Waals surface area contributed by atoms with Crippen LogP contribution in [0.3, 0.4) is 0 Å². The largest absolute Gasteiger partial charge is 0.392 e. The summed E-state index contributed by atoms with van der Waals surface area (Å²) in [5.41, 5.74) is 2.11. The second-order valence-electron chi connectivity index (χ2n) is 4.42. The molecule has 1 N–H and O–H groups in total. The molecule has 1 aliphatic rings. The van der Waals surface area contributed by atoms with Gasteiger partial charge in [0.15, 0.2) is 0 Å². The van der Waals surface area contributed by atoms with Crippen LogP contribution in [0.15, 0.2) is 18.5 Å². The minimum absolute atomic E-state index is 0.0830. The summed E-state index contributed by atoms with van der Waals surface area (Å²) in [6.45, 7) is 2.30. The summed E-state index contributed by atoms with van der Waals surface area (Å²) >= 11 is 0. The normalized spacial score (nSPS) is 17.9. The molecule has 88 valence electrons. The van der Waals surface area contributed by atoms with Crippen LogP contribution in [0.2, 0.25) is 0 Å². The van der Waals surface area contributed by atoms with Crippen molar-refractivity contribution in [3.8, 4) is 0 Å². The van der Waals surface area contributed by atoms with Gasteiger partial charge in [0.05, 0.1) is 6.61 Å². The number of aliphatic hydroxyl groups excluding tert-OH is 1. The van der Waals surface area contributed by atoms with E-state index < -0.39 is 0 Å². The number of hydrogen-bond donors (Lipinski definition) is 1. The van der Waals surface area contributed by atoms with Crippen molar-refractivity contribution in [2.24, 2.45) is 0 Å².